The standard InChI is InChI=1S/C21H24N2O3/c1-4-5-9-14-26-20-15-18(12-13-19(20)25-3)23-21(24)22-16(2)17-10-7-6-8-11-17/h6-8,10-13,15-16H,4,14H2,1-3H3,(H2,22,23,24)/t16-/m0/s1. The lowest BCUT2D eigenvalue weighted by molar-refractivity contribution is 0.249. The van der Waals surface area contributed by atoms with E-state index in [0.717, 1.165) is 12.0 Å². The highest BCUT2D eigenvalue weighted by Crippen LogP contribution is 2.30. The van der Waals surface area contributed by atoms with Crippen LogP contribution in [0.3, 0.4) is 0 Å². The lowest BCUT2D eigenvalue weighted by Gasteiger charge is -2.16. The minimum Gasteiger partial charge on any atom is -0.493 e. The zero-order valence-corrected chi connectivity index (χ0v) is 15.3. The van der Waals surface area contributed by atoms with Gasteiger partial charge in [-0.2, -0.15) is 0 Å². The van der Waals surface area contributed by atoms with Crippen molar-refractivity contribution in [2.75, 3.05) is 19.0 Å². The van der Waals surface area contributed by atoms with Gasteiger partial charge >= 0.3 is 6.03 Å². The van der Waals surface area contributed by atoms with Crippen LogP contribution >= 0.6 is 0 Å². The molecule has 5 heteroatoms. The van der Waals surface area contributed by atoms with Crippen molar-refractivity contribution in [1.82, 2.24) is 5.32 Å². The quantitative estimate of drug-likeness (QED) is 0.759. The Bertz CT molecular complexity index is 779. The maximum absolute atomic E-state index is 12.2. The zero-order valence-electron chi connectivity index (χ0n) is 15.3. The van der Waals surface area contributed by atoms with Crippen LogP contribution in [0, 0.1) is 11.8 Å². The molecule has 26 heavy (non-hydrogen) atoms. The van der Waals surface area contributed by atoms with Crippen molar-refractivity contribution >= 4 is 11.7 Å². The summed E-state index contributed by atoms with van der Waals surface area (Å²) in [7, 11) is 1.57. The monoisotopic (exact) mass is 352 g/mol. The Balaban J connectivity index is 2.00. The van der Waals surface area contributed by atoms with Crippen LogP contribution in [0.25, 0.3) is 0 Å². The normalized spacial score (nSPS) is 10.9. The summed E-state index contributed by atoms with van der Waals surface area (Å²) < 4.78 is 10.9. The molecule has 0 unspecified atom stereocenters. The highest BCUT2D eigenvalue weighted by Gasteiger charge is 2.11. The molecule has 136 valence electrons. The average Bonchev–Trinajstić information content (AvgIpc) is 2.66. The third kappa shape index (κ3) is 5.75. The Morgan fingerprint density at radius 1 is 1.12 bits per heavy atom. The summed E-state index contributed by atoms with van der Waals surface area (Å²) in [5.41, 5.74) is 1.65. The van der Waals surface area contributed by atoms with E-state index in [9.17, 15) is 4.79 Å². The van der Waals surface area contributed by atoms with Gasteiger partial charge in [-0.3, -0.25) is 0 Å². The zero-order chi connectivity index (χ0) is 18.8. The first-order valence-electron chi connectivity index (χ1n) is 8.53. The first-order valence-corrected chi connectivity index (χ1v) is 8.53. The molecule has 0 bridgehead atoms. The molecule has 2 aromatic carbocycles. The first kappa shape index (κ1) is 19.2. The molecule has 0 spiro atoms. The Morgan fingerprint density at radius 3 is 2.58 bits per heavy atom. The first-order chi connectivity index (χ1) is 12.6. The number of carbonyl (C=O) groups is 1. The number of carbonyl (C=O) groups excluding carboxylic acids is 1. The second-order valence-corrected chi connectivity index (χ2v) is 5.59. The minimum absolute atomic E-state index is 0.102. The molecule has 0 radical (unpaired) electrons. The van der Waals surface area contributed by atoms with E-state index >= 15 is 0 Å². The van der Waals surface area contributed by atoms with E-state index in [1.165, 1.54) is 0 Å². The lowest BCUT2D eigenvalue weighted by Crippen LogP contribution is -2.31. The summed E-state index contributed by atoms with van der Waals surface area (Å²) in [6.45, 7) is 4.18. The molecule has 2 rings (SSSR count). The average molecular weight is 352 g/mol. The van der Waals surface area contributed by atoms with Crippen molar-refractivity contribution in [3.63, 3.8) is 0 Å². The second kappa shape index (κ2) is 10.00. The highest BCUT2D eigenvalue weighted by molar-refractivity contribution is 5.89. The van der Waals surface area contributed by atoms with Crippen LogP contribution in [0.2, 0.25) is 0 Å². The van der Waals surface area contributed by atoms with Crippen LogP contribution in [0.1, 0.15) is 31.9 Å². The van der Waals surface area contributed by atoms with Crippen molar-refractivity contribution in [2.24, 2.45) is 0 Å². The van der Waals surface area contributed by atoms with Gasteiger partial charge in [0.2, 0.25) is 0 Å². The molecule has 2 N–H and O–H groups in total. The van der Waals surface area contributed by atoms with Gasteiger partial charge in [-0.05, 0) is 24.6 Å². The Labute approximate surface area is 154 Å². The number of amides is 2. The molecule has 1 atom stereocenters. The molecular weight excluding hydrogens is 328 g/mol. The van der Waals surface area contributed by atoms with Crippen LogP contribution in [-0.2, 0) is 0 Å². The van der Waals surface area contributed by atoms with Gasteiger partial charge < -0.3 is 20.1 Å². The maximum atomic E-state index is 12.2. The largest absolute Gasteiger partial charge is 0.493 e. The Hall–Kier alpha value is -3.13. The fraction of sp³-hybridized carbons (Fsp3) is 0.286. The minimum atomic E-state index is -0.289. The summed E-state index contributed by atoms with van der Waals surface area (Å²) >= 11 is 0. The van der Waals surface area contributed by atoms with Gasteiger partial charge in [0.25, 0.3) is 0 Å². The van der Waals surface area contributed by atoms with E-state index in [0.29, 0.717) is 17.2 Å². The number of urea groups is 1. The van der Waals surface area contributed by atoms with Gasteiger partial charge in [0.1, 0.15) is 6.61 Å². The van der Waals surface area contributed by atoms with Crippen LogP contribution in [0.5, 0.6) is 11.5 Å². The van der Waals surface area contributed by atoms with E-state index < -0.39 is 0 Å². The molecule has 0 saturated carbocycles. The van der Waals surface area contributed by atoms with Gasteiger partial charge in [-0.15, -0.1) is 5.92 Å². The van der Waals surface area contributed by atoms with E-state index in [1.54, 1.807) is 25.3 Å². The Kier molecular flexibility index (Phi) is 7.38. The van der Waals surface area contributed by atoms with Crippen molar-refractivity contribution in [3.8, 4) is 23.3 Å². The maximum Gasteiger partial charge on any atom is 0.319 e. The van der Waals surface area contributed by atoms with Gasteiger partial charge in [0.05, 0.1) is 13.2 Å². The second-order valence-electron chi connectivity index (χ2n) is 5.59. The topological polar surface area (TPSA) is 59.6 Å². The van der Waals surface area contributed by atoms with Crippen molar-refractivity contribution in [3.05, 3.63) is 54.1 Å². The molecule has 2 aromatic rings. The number of anilines is 1. The number of ether oxygens (including phenoxy) is 2. The van der Waals surface area contributed by atoms with Crippen LogP contribution in [-0.4, -0.2) is 19.7 Å². The number of hydrogen-bond acceptors (Lipinski definition) is 3. The SMILES string of the molecule is CCC#CCOc1cc(NC(=O)N[C@@H](C)c2ccccc2)ccc1OC. The highest BCUT2D eigenvalue weighted by atomic mass is 16.5. The van der Waals surface area contributed by atoms with E-state index in [2.05, 4.69) is 22.5 Å². The molecule has 0 heterocycles. The predicted molar refractivity (Wildman–Crippen MR) is 104 cm³/mol. The molecule has 0 saturated heterocycles. The van der Waals surface area contributed by atoms with Crippen LogP contribution in [0.15, 0.2) is 48.5 Å². The fourth-order valence-electron chi connectivity index (χ4n) is 2.35. The number of hydrogen-bond donors (Lipinski definition) is 2. The van der Waals surface area contributed by atoms with Gasteiger partial charge in [0, 0.05) is 18.2 Å². The molecule has 0 aliphatic rings. The van der Waals surface area contributed by atoms with Crippen molar-refractivity contribution in [2.45, 2.75) is 26.3 Å². The third-order valence-corrected chi connectivity index (χ3v) is 3.67. The summed E-state index contributed by atoms with van der Waals surface area (Å²) in [6, 6.07) is 14.6. The summed E-state index contributed by atoms with van der Waals surface area (Å²) in [6.07, 6.45) is 0.780. The number of rotatable bonds is 6. The van der Waals surface area contributed by atoms with Gasteiger partial charge in [0.15, 0.2) is 11.5 Å². The Morgan fingerprint density at radius 2 is 1.88 bits per heavy atom. The third-order valence-electron chi connectivity index (χ3n) is 3.67. The molecule has 0 fully saturated rings. The molecule has 0 aliphatic heterocycles. The smallest absolute Gasteiger partial charge is 0.319 e. The number of benzene rings is 2. The van der Waals surface area contributed by atoms with E-state index in [4.69, 9.17) is 9.47 Å². The molecular formula is C21H24N2O3. The summed E-state index contributed by atoms with van der Waals surface area (Å²) in [5.74, 6) is 6.98. The van der Waals surface area contributed by atoms with Crippen LogP contribution in [0.4, 0.5) is 10.5 Å². The fourth-order valence-corrected chi connectivity index (χ4v) is 2.35. The van der Waals surface area contributed by atoms with Gasteiger partial charge in [-0.1, -0.05) is 43.2 Å². The van der Waals surface area contributed by atoms with Crippen molar-refractivity contribution < 1.29 is 14.3 Å². The van der Waals surface area contributed by atoms with E-state index in [1.807, 2.05) is 44.2 Å². The molecule has 0 aliphatic carbocycles. The molecule has 0 aromatic heterocycles. The number of methoxy groups -OCH3 is 1. The van der Waals surface area contributed by atoms with Gasteiger partial charge in [-0.25, -0.2) is 4.79 Å². The number of nitrogens with one attached hydrogen (secondary N) is 2. The predicted octanol–water partition coefficient (Wildman–Crippen LogP) is 4.37. The summed E-state index contributed by atoms with van der Waals surface area (Å²) in [4.78, 5) is 12.2. The van der Waals surface area contributed by atoms with Crippen LogP contribution < -0.4 is 20.1 Å². The molecule has 5 nitrogen and oxygen atoms in total. The molecule has 2 amide bonds. The summed E-state index contributed by atoms with van der Waals surface area (Å²) in [5, 5.41) is 5.72. The van der Waals surface area contributed by atoms with Crippen molar-refractivity contribution in [1.29, 1.82) is 0 Å². The van der Waals surface area contributed by atoms with E-state index in [-0.39, 0.29) is 18.7 Å². The lowest BCUT2D eigenvalue weighted by atomic mass is 10.1.